The molecule has 0 heterocycles. The second kappa shape index (κ2) is 15.0. The monoisotopic (exact) mass is 372 g/mol. The van der Waals surface area contributed by atoms with Gasteiger partial charge in [0.05, 0.1) is 0 Å². The molecule has 0 radical (unpaired) electrons. The number of hydrogen-bond donors (Lipinski definition) is 2. The van der Waals surface area contributed by atoms with Crippen molar-refractivity contribution in [2.75, 3.05) is 6.54 Å². The van der Waals surface area contributed by atoms with Gasteiger partial charge < -0.3 is 10.6 Å². The summed E-state index contributed by atoms with van der Waals surface area (Å²) in [6, 6.07) is 9.26. The highest BCUT2D eigenvalue weighted by Gasteiger charge is 2.20. The minimum absolute atomic E-state index is 0.100. The largest absolute Gasteiger partial charge is 0.354 e. The molecule has 0 saturated heterocycles. The maximum Gasteiger partial charge on any atom is 0.242 e. The van der Waals surface area contributed by atoms with Crippen molar-refractivity contribution < 1.29 is 9.59 Å². The topological polar surface area (TPSA) is 58.2 Å². The lowest BCUT2D eigenvalue weighted by Crippen LogP contribution is -2.48. The molecule has 0 bridgehead atoms. The molecule has 0 aliphatic heterocycles. The molecular formula is C23H36N2O2. The molecule has 27 heavy (non-hydrogen) atoms. The first-order chi connectivity index (χ1) is 13.2. The van der Waals surface area contributed by atoms with E-state index in [1.807, 2.05) is 30.3 Å². The third-order valence-corrected chi connectivity index (χ3v) is 4.59. The summed E-state index contributed by atoms with van der Waals surface area (Å²) < 4.78 is 0. The van der Waals surface area contributed by atoms with Crippen LogP contribution in [-0.4, -0.2) is 24.4 Å². The molecule has 150 valence electrons. The number of unbranched alkanes of at least 4 members (excludes halogenated alkanes) is 6. The zero-order valence-corrected chi connectivity index (χ0v) is 16.8. The summed E-state index contributed by atoms with van der Waals surface area (Å²) in [6.45, 7) is 6.52. The SMILES string of the molecule is C=CCCC(=O)NC(Cc1ccccc1)C(=O)NCCCCCCCCC. The summed E-state index contributed by atoms with van der Waals surface area (Å²) in [4.78, 5) is 24.7. The van der Waals surface area contributed by atoms with Gasteiger partial charge in [-0.15, -0.1) is 6.58 Å². The summed E-state index contributed by atoms with van der Waals surface area (Å²) in [5, 5.41) is 5.87. The second-order valence-electron chi connectivity index (χ2n) is 7.05. The van der Waals surface area contributed by atoms with Crippen molar-refractivity contribution in [3.63, 3.8) is 0 Å². The van der Waals surface area contributed by atoms with Crippen molar-refractivity contribution in [1.82, 2.24) is 10.6 Å². The Labute approximate surface area is 164 Å². The number of allylic oxidation sites excluding steroid dienone is 1. The molecule has 0 aliphatic rings. The molecule has 2 amide bonds. The van der Waals surface area contributed by atoms with Crippen LogP contribution in [0.1, 0.15) is 70.3 Å². The van der Waals surface area contributed by atoms with E-state index < -0.39 is 6.04 Å². The lowest BCUT2D eigenvalue weighted by atomic mass is 10.0. The summed E-state index contributed by atoms with van der Waals surface area (Å²) in [7, 11) is 0. The van der Waals surface area contributed by atoms with E-state index in [2.05, 4.69) is 24.1 Å². The predicted molar refractivity (Wildman–Crippen MR) is 113 cm³/mol. The Bertz CT molecular complexity index is 543. The average molecular weight is 373 g/mol. The van der Waals surface area contributed by atoms with E-state index in [9.17, 15) is 9.59 Å². The Morgan fingerprint density at radius 3 is 2.37 bits per heavy atom. The third kappa shape index (κ3) is 11.3. The highest BCUT2D eigenvalue weighted by molar-refractivity contribution is 5.87. The van der Waals surface area contributed by atoms with Crippen LogP contribution in [0.4, 0.5) is 0 Å². The Balaban J connectivity index is 2.42. The molecule has 1 aromatic carbocycles. The molecule has 2 N–H and O–H groups in total. The van der Waals surface area contributed by atoms with Gasteiger partial charge in [-0.25, -0.2) is 0 Å². The Hall–Kier alpha value is -2.10. The summed E-state index contributed by atoms with van der Waals surface area (Å²) in [6.07, 6.45) is 11.7. The van der Waals surface area contributed by atoms with Crippen LogP contribution >= 0.6 is 0 Å². The van der Waals surface area contributed by atoms with Crippen molar-refractivity contribution in [2.45, 2.75) is 77.2 Å². The molecule has 0 saturated carbocycles. The number of carbonyl (C=O) groups is 2. The van der Waals surface area contributed by atoms with Crippen molar-refractivity contribution in [2.24, 2.45) is 0 Å². The van der Waals surface area contributed by atoms with Gasteiger partial charge in [-0.2, -0.15) is 0 Å². The van der Waals surface area contributed by atoms with Gasteiger partial charge in [-0.05, 0) is 18.4 Å². The van der Waals surface area contributed by atoms with Gasteiger partial charge in [-0.1, -0.05) is 81.9 Å². The van der Waals surface area contributed by atoms with E-state index in [0.29, 0.717) is 25.8 Å². The van der Waals surface area contributed by atoms with Crippen LogP contribution in [0.2, 0.25) is 0 Å². The smallest absolute Gasteiger partial charge is 0.242 e. The van der Waals surface area contributed by atoms with Gasteiger partial charge in [-0.3, -0.25) is 9.59 Å². The van der Waals surface area contributed by atoms with E-state index in [-0.39, 0.29) is 11.8 Å². The van der Waals surface area contributed by atoms with Crippen LogP contribution in [0.15, 0.2) is 43.0 Å². The number of amides is 2. The van der Waals surface area contributed by atoms with Crippen LogP contribution in [0.25, 0.3) is 0 Å². The minimum atomic E-state index is -0.533. The Morgan fingerprint density at radius 1 is 1.04 bits per heavy atom. The number of carbonyl (C=O) groups excluding carboxylic acids is 2. The fourth-order valence-electron chi connectivity index (χ4n) is 2.98. The molecule has 4 nitrogen and oxygen atoms in total. The number of nitrogens with one attached hydrogen (secondary N) is 2. The Kier molecular flexibility index (Phi) is 12.7. The van der Waals surface area contributed by atoms with Gasteiger partial charge in [0, 0.05) is 19.4 Å². The molecule has 1 aromatic rings. The first-order valence-electron chi connectivity index (χ1n) is 10.4. The fourth-order valence-corrected chi connectivity index (χ4v) is 2.98. The zero-order chi connectivity index (χ0) is 19.7. The minimum Gasteiger partial charge on any atom is -0.354 e. The molecule has 0 spiro atoms. The second-order valence-corrected chi connectivity index (χ2v) is 7.05. The molecule has 4 heteroatoms. The van der Waals surface area contributed by atoms with Crippen LogP contribution < -0.4 is 10.6 Å². The van der Waals surface area contributed by atoms with Crippen LogP contribution in [0.5, 0.6) is 0 Å². The average Bonchev–Trinajstić information content (AvgIpc) is 2.68. The van der Waals surface area contributed by atoms with E-state index in [1.165, 1.54) is 32.1 Å². The van der Waals surface area contributed by atoms with Crippen LogP contribution in [0.3, 0.4) is 0 Å². The molecule has 0 aliphatic carbocycles. The number of benzene rings is 1. The first-order valence-corrected chi connectivity index (χ1v) is 10.4. The summed E-state index contributed by atoms with van der Waals surface area (Å²) in [5.41, 5.74) is 1.04. The van der Waals surface area contributed by atoms with Crippen molar-refractivity contribution in [3.05, 3.63) is 48.6 Å². The number of rotatable bonds is 15. The first kappa shape index (κ1) is 22.9. The highest BCUT2D eigenvalue weighted by Crippen LogP contribution is 2.07. The third-order valence-electron chi connectivity index (χ3n) is 4.59. The standard InChI is InChI=1S/C23H36N2O2/c1-3-5-7-8-9-10-14-18-24-23(27)21(25-22(26)17-6-4-2)19-20-15-12-11-13-16-20/h4,11-13,15-16,21H,2-3,5-10,14,17-19H2,1H3,(H,24,27)(H,25,26). The van der Waals surface area contributed by atoms with E-state index in [1.54, 1.807) is 6.08 Å². The van der Waals surface area contributed by atoms with Gasteiger partial charge in [0.1, 0.15) is 6.04 Å². The molecule has 0 aromatic heterocycles. The molecular weight excluding hydrogens is 336 g/mol. The van der Waals surface area contributed by atoms with Gasteiger partial charge in [0.25, 0.3) is 0 Å². The predicted octanol–water partition coefficient (Wildman–Crippen LogP) is 4.55. The lowest BCUT2D eigenvalue weighted by Gasteiger charge is -2.18. The molecule has 1 unspecified atom stereocenters. The normalized spacial score (nSPS) is 11.6. The maximum absolute atomic E-state index is 12.6. The summed E-state index contributed by atoms with van der Waals surface area (Å²) in [5.74, 6) is -0.210. The van der Waals surface area contributed by atoms with Crippen LogP contribution in [0, 0.1) is 0 Å². The van der Waals surface area contributed by atoms with E-state index >= 15 is 0 Å². The van der Waals surface area contributed by atoms with Crippen LogP contribution in [-0.2, 0) is 16.0 Å². The maximum atomic E-state index is 12.6. The molecule has 1 atom stereocenters. The number of hydrogen-bond acceptors (Lipinski definition) is 2. The molecule has 1 rings (SSSR count). The van der Waals surface area contributed by atoms with E-state index in [0.717, 1.165) is 18.4 Å². The van der Waals surface area contributed by atoms with Crippen molar-refractivity contribution in [1.29, 1.82) is 0 Å². The van der Waals surface area contributed by atoms with E-state index in [4.69, 9.17) is 0 Å². The van der Waals surface area contributed by atoms with Gasteiger partial charge in [0.15, 0.2) is 0 Å². The quantitative estimate of drug-likeness (QED) is 0.351. The van der Waals surface area contributed by atoms with Gasteiger partial charge >= 0.3 is 0 Å². The van der Waals surface area contributed by atoms with Crippen molar-refractivity contribution >= 4 is 11.8 Å². The van der Waals surface area contributed by atoms with Crippen molar-refractivity contribution in [3.8, 4) is 0 Å². The summed E-state index contributed by atoms with van der Waals surface area (Å²) >= 11 is 0. The fraction of sp³-hybridized carbons (Fsp3) is 0.565. The Morgan fingerprint density at radius 2 is 1.70 bits per heavy atom. The molecule has 0 fully saturated rings. The lowest BCUT2D eigenvalue weighted by molar-refractivity contribution is -0.129. The zero-order valence-electron chi connectivity index (χ0n) is 16.8. The highest BCUT2D eigenvalue weighted by atomic mass is 16.2. The van der Waals surface area contributed by atoms with Gasteiger partial charge in [0.2, 0.25) is 11.8 Å².